The highest BCUT2D eigenvalue weighted by Gasteiger charge is 2.29. The van der Waals surface area contributed by atoms with Gasteiger partial charge in [-0.3, -0.25) is 9.59 Å². The summed E-state index contributed by atoms with van der Waals surface area (Å²) < 4.78 is 40.3. The molecule has 0 aromatic carbocycles. The van der Waals surface area contributed by atoms with E-state index in [1.54, 1.807) is 30.4 Å². The number of rotatable bonds is 7. The Morgan fingerprint density at radius 1 is 1.23 bits per heavy atom. The van der Waals surface area contributed by atoms with Crippen molar-refractivity contribution < 1.29 is 27.9 Å². The standard InChI is InChI=1S/C19H18F3NO3/c20-15-11-17(22)16(21)9-13(15)8-14(10-19(25)26)23-18(24)7-12-5-3-1-2-4-6-12/h1,3-6,9,11,13-15H,7-8,10H2,(H,23,24)(H,25,26). The van der Waals surface area contributed by atoms with Gasteiger partial charge in [-0.25, -0.2) is 13.2 Å². The molecule has 2 N–H and O–H groups in total. The van der Waals surface area contributed by atoms with Crippen molar-refractivity contribution >= 4 is 11.9 Å². The summed E-state index contributed by atoms with van der Waals surface area (Å²) in [6.07, 6.45) is 7.33. The average Bonchev–Trinajstić information content (AvgIpc) is 2.80. The maximum absolute atomic E-state index is 13.9. The van der Waals surface area contributed by atoms with E-state index in [2.05, 4.69) is 11.0 Å². The van der Waals surface area contributed by atoms with Crippen LogP contribution < -0.4 is 5.32 Å². The van der Waals surface area contributed by atoms with E-state index < -0.39 is 48.1 Å². The third-order valence-electron chi connectivity index (χ3n) is 3.91. The van der Waals surface area contributed by atoms with Crippen molar-refractivity contribution in [2.75, 3.05) is 0 Å². The number of hydrogen-bond donors (Lipinski definition) is 2. The molecule has 1 amide bonds. The molecule has 2 aliphatic carbocycles. The van der Waals surface area contributed by atoms with Gasteiger partial charge in [0.05, 0.1) is 12.8 Å². The Morgan fingerprint density at radius 3 is 2.69 bits per heavy atom. The van der Waals surface area contributed by atoms with E-state index in [9.17, 15) is 22.8 Å². The zero-order valence-electron chi connectivity index (χ0n) is 13.8. The average molecular weight is 365 g/mol. The van der Waals surface area contributed by atoms with Gasteiger partial charge in [-0.05, 0) is 36.3 Å². The number of carboxylic acid groups (broad SMARTS) is 1. The lowest BCUT2D eigenvalue weighted by Gasteiger charge is -2.24. The highest BCUT2D eigenvalue weighted by molar-refractivity contribution is 5.80. The minimum Gasteiger partial charge on any atom is -0.481 e. The van der Waals surface area contributed by atoms with Gasteiger partial charge >= 0.3 is 5.97 Å². The molecule has 26 heavy (non-hydrogen) atoms. The lowest BCUT2D eigenvalue weighted by Crippen LogP contribution is -2.39. The summed E-state index contributed by atoms with van der Waals surface area (Å²) >= 11 is 0. The zero-order chi connectivity index (χ0) is 19.1. The van der Waals surface area contributed by atoms with Gasteiger partial charge in [0, 0.05) is 12.0 Å². The number of carbonyl (C=O) groups is 2. The molecule has 0 radical (unpaired) electrons. The second-order valence-electron chi connectivity index (χ2n) is 6.01. The summed E-state index contributed by atoms with van der Waals surface area (Å²) in [7, 11) is 0. The van der Waals surface area contributed by atoms with Crippen LogP contribution >= 0.6 is 0 Å². The molecule has 0 saturated carbocycles. The molecule has 0 bridgehead atoms. The fourth-order valence-corrected chi connectivity index (χ4v) is 2.71. The lowest BCUT2D eigenvalue weighted by atomic mass is 9.89. The number of halogens is 3. The van der Waals surface area contributed by atoms with E-state index >= 15 is 0 Å². The smallest absolute Gasteiger partial charge is 0.305 e. The summed E-state index contributed by atoms with van der Waals surface area (Å²) in [5.41, 5.74) is 3.53. The molecular weight excluding hydrogens is 347 g/mol. The van der Waals surface area contributed by atoms with Gasteiger partial charge in [0.1, 0.15) is 6.17 Å². The van der Waals surface area contributed by atoms with Gasteiger partial charge in [0.15, 0.2) is 11.7 Å². The minimum atomic E-state index is -1.79. The Kier molecular flexibility index (Phi) is 6.81. The Balaban J connectivity index is 2.01. The van der Waals surface area contributed by atoms with Crippen molar-refractivity contribution in [3.8, 4) is 0 Å². The number of carbonyl (C=O) groups excluding carboxylic acids is 1. The molecule has 0 aliphatic heterocycles. The number of nitrogens with one attached hydrogen (secondary N) is 1. The summed E-state index contributed by atoms with van der Waals surface area (Å²) in [5.74, 6) is -5.14. The van der Waals surface area contributed by atoms with Crippen molar-refractivity contribution in [2.24, 2.45) is 5.92 Å². The normalized spacial score (nSPS) is 22.8. The number of hydrogen-bond acceptors (Lipinski definition) is 2. The maximum Gasteiger partial charge on any atom is 0.305 e. The van der Waals surface area contributed by atoms with Gasteiger partial charge in [0.2, 0.25) is 5.91 Å². The van der Waals surface area contributed by atoms with Crippen molar-refractivity contribution in [1.82, 2.24) is 5.32 Å². The SMILES string of the molecule is O=C(O)CC(CC1C=C(F)C(F)=CC1F)NC(=O)CC1=CC=C=CC=C1. The molecule has 0 saturated heterocycles. The first-order valence-corrected chi connectivity index (χ1v) is 8.03. The maximum atomic E-state index is 13.9. The third-order valence-corrected chi connectivity index (χ3v) is 3.91. The Labute approximate surface area is 148 Å². The summed E-state index contributed by atoms with van der Waals surface area (Å²) in [5, 5.41) is 11.5. The predicted molar refractivity (Wildman–Crippen MR) is 90.1 cm³/mol. The number of aliphatic carboxylic acids is 1. The van der Waals surface area contributed by atoms with E-state index in [1.165, 1.54) is 0 Å². The molecule has 2 rings (SSSR count). The van der Waals surface area contributed by atoms with Gasteiger partial charge < -0.3 is 10.4 Å². The van der Waals surface area contributed by atoms with Gasteiger partial charge in [0.25, 0.3) is 0 Å². The molecule has 0 aromatic heterocycles. The molecule has 0 heterocycles. The first-order valence-electron chi connectivity index (χ1n) is 8.03. The predicted octanol–water partition coefficient (Wildman–Crippen LogP) is 3.61. The number of alkyl halides is 1. The van der Waals surface area contributed by atoms with Crippen molar-refractivity contribution in [2.45, 2.75) is 31.5 Å². The van der Waals surface area contributed by atoms with Crippen LogP contribution in [-0.2, 0) is 9.59 Å². The van der Waals surface area contributed by atoms with Crippen LogP contribution in [0.1, 0.15) is 19.3 Å². The summed E-state index contributed by atoms with van der Waals surface area (Å²) in [4.78, 5) is 23.2. The molecule has 0 fully saturated rings. The van der Waals surface area contributed by atoms with Crippen LogP contribution in [0.4, 0.5) is 13.2 Å². The Morgan fingerprint density at radius 2 is 1.96 bits per heavy atom. The Bertz CT molecular complexity index is 758. The number of carboxylic acids is 1. The van der Waals surface area contributed by atoms with E-state index in [1.807, 2.05) is 0 Å². The van der Waals surface area contributed by atoms with Crippen molar-refractivity contribution in [3.63, 3.8) is 0 Å². The Hall–Kier alpha value is -2.79. The molecule has 0 spiro atoms. The molecule has 138 valence electrons. The molecule has 2 aliphatic rings. The van der Waals surface area contributed by atoms with Gasteiger partial charge in [-0.15, -0.1) is 5.73 Å². The molecule has 3 unspecified atom stereocenters. The highest BCUT2D eigenvalue weighted by Crippen LogP contribution is 2.30. The van der Waals surface area contributed by atoms with Crippen LogP contribution in [0, 0.1) is 5.92 Å². The molecule has 7 heteroatoms. The van der Waals surface area contributed by atoms with Crippen LogP contribution in [0.25, 0.3) is 0 Å². The van der Waals surface area contributed by atoms with Crippen molar-refractivity contribution in [3.05, 3.63) is 65.5 Å². The van der Waals surface area contributed by atoms with E-state index in [0.717, 1.165) is 6.08 Å². The monoisotopic (exact) mass is 365 g/mol. The van der Waals surface area contributed by atoms with Crippen LogP contribution in [-0.4, -0.2) is 29.2 Å². The fraction of sp³-hybridized carbons (Fsp3) is 0.316. The second-order valence-corrected chi connectivity index (χ2v) is 6.01. The number of amides is 1. The van der Waals surface area contributed by atoms with Crippen LogP contribution in [0.3, 0.4) is 0 Å². The van der Waals surface area contributed by atoms with Gasteiger partial charge in [-0.1, -0.05) is 18.2 Å². The second kappa shape index (κ2) is 9.06. The first-order chi connectivity index (χ1) is 12.3. The quantitative estimate of drug-likeness (QED) is 0.678. The van der Waals surface area contributed by atoms with E-state index in [0.29, 0.717) is 11.6 Å². The van der Waals surface area contributed by atoms with Crippen LogP contribution in [0.15, 0.2) is 65.5 Å². The fourth-order valence-electron chi connectivity index (χ4n) is 2.71. The lowest BCUT2D eigenvalue weighted by molar-refractivity contribution is -0.137. The van der Waals surface area contributed by atoms with E-state index in [-0.39, 0.29) is 12.8 Å². The highest BCUT2D eigenvalue weighted by atomic mass is 19.2. The summed E-state index contributed by atoms with van der Waals surface area (Å²) in [6.45, 7) is 0. The van der Waals surface area contributed by atoms with E-state index in [4.69, 9.17) is 5.11 Å². The first kappa shape index (κ1) is 19.5. The van der Waals surface area contributed by atoms with Crippen LogP contribution in [0.5, 0.6) is 0 Å². The third kappa shape index (κ3) is 5.93. The number of allylic oxidation sites excluding steroid dienone is 8. The minimum absolute atomic E-state index is 0.00108. The topological polar surface area (TPSA) is 66.4 Å². The van der Waals surface area contributed by atoms with Crippen molar-refractivity contribution in [1.29, 1.82) is 0 Å². The zero-order valence-corrected chi connectivity index (χ0v) is 13.8. The largest absolute Gasteiger partial charge is 0.481 e. The molecule has 3 atom stereocenters. The molecule has 0 aromatic rings. The van der Waals surface area contributed by atoms with Gasteiger partial charge in [-0.2, -0.15) is 0 Å². The molecular formula is C19H18F3NO3. The molecule has 4 nitrogen and oxygen atoms in total. The van der Waals surface area contributed by atoms with Crippen LogP contribution in [0.2, 0.25) is 0 Å². The summed E-state index contributed by atoms with van der Waals surface area (Å²) in [6, 6.07) is -0.911.